The molecule has 9 nitrogen and oxygen atoms in total. The van der Waals surface area contributed by atoms with Gasteiger partial charge in [0, 0.05) is 16.6 Å². The van der Waals surface area contributed by atoms with E-state index >= 15 is 0 Å². The van der Waals surface area contributed by atoms with Gasteiger partial charge in [-0.25, -0.2) is 10.4 Å². The van der Waals surface area contributed by atoms with Gasteiger partial charge in [-0.05, 0) is 48.9 Å². The van der Waals surface area contributed by atoms with Crippen molar-refractivity contribution in [1.29, 1.82) is 5.41 Å². The van der Waals surface area contributed by atoms with Crippen molar-refractivity contribution in [3.63, 3.8) is 0 Å². The van der Waals surface area contributed by atoms with Crippen LogP contribution in [-0.2, 0) is 0 Å². The fourth-order valence-electron chi connectivity index (χ4n) is 2.90. The summed E-state index contributed by atoms with van der Waals surface area (Å²) in [6.07, 6.45) is 1.61. The SMILES string of the molecule is C/C(=N\NC(=N)N)c1ccc2[nH]c(C(=O)Nc3ccc4nc[nH]c4c3)cc2c1. The number of hydrazone groups is 1. The zero-order valence-electron chi connectivity index (χ0n) is 15.0. The van der Waals surface area contributed by atoms with Crippen molar-refractivity contribution in [3.8, 4) is 0 Å². The Kier molecular flexibility index (Phi) is 4.24. The lowest BCUT2D eigenvalue weighted by atomic mass is 10.1. The number of hydrogen-bond donors (Lipinski definition) is 6. The maximum absolute atomic E-state index is 12.6. The summed E-state index contributed by atoms with van der Waals surface area (Å²) in [5.74, 6) is -0.463. The number of carbonyl (C=O) groups is 1. The van der Waals surface area contributed by atoms with E-state index in [0.29, 0.717) is 17.1 Å². The van der Waals surface area contributed by atoms with Gasteiger partial charge >= 0.3 is 0 Å². The molecule has 0 fully saturated rings. The van der Waals surface area contributed by atoms with E-state index in [1.807, 2.05) is 43.3 Å². The Labute approximate surface area is 159 Å². The second-order valence-corrected chi connectivity index (χ2v) is 6.30. The smallest absolute Gasteiger partial charge is 0.272 e. The highest BCUT2D eigenvalue weighted by molar-refractivity contribution is 6.08. The van der Waals surface area contributed by atoms with Crippen molar-refractivity contribution in [1.82, 2.24) is 20.4 Å². The minimum absolute atomic E-state index is 0.227. The highest BCUT2D eigenvalue weighted by Gasteiger charge is 2.11. The first kappa shape index (κ1) is 17.3. The molecular formula is C19H18N8O. The number of guanidine groups is 1. The normalized spacial score (nSPS) is 11.7. The molecule has 2 heterocycles. The van der Waals surface area contributed by atoms with Crippen LogP contribution in [0.1, 0.15) is 23.0 Å². The molecule has 0 unspecified atom stereocenters. The summed E-state index contributed by atoms with van der Waals surface area (Å²) in [4.78, 5) is 22.9. The van der Waals surface area contributed by atoms with Crippen LogP contribution in [0.4, 0.5) is 5.69 Å². The summed E-state index contributed by atoms with van der Waals surface area (Å²) in [6, 6.07) is 13.0. The highest BCUT2D eigenvalue weighted by atomic mass is 16.1. The summed E-state index contributed by atoms with van der Waals surface area (Å²) in [7, 11) is 0. The third-order valence-electron chi connectivity index (χ3n) is 4.31. The van der Waals surface area contributed by atoms with Crippen LogP contribution in [0.3, 0.4) is 0 Å². The lowest BCUT2D eigenvalue weighted by Crippen LogP contribution is -2.26. The number of carbonyl (C=O) groups excluding carboxylic acids is 1. The van der Waals surface area contributed by atoms with Gasteiger partial charge < -0.3 is 21.0 Å². The van der Waals surface area contributed by atoms with Gasteiger partial charge in [-0.3, -0.25) is 10.2 Å². The molecule has 0 saturated carbocycles. The molecule has 2 aromatic heterocycles. The molecule has 0 atom stereocenters. The molecular weight excluding hydrogens is 356 g/mol. The maximum atomic E-state index is 12.6. The maximum Gasteiger partial charge on any atom is 0.272 e. The fourth-order valence-corrected chi connectivity index (χ4v) is 2.90. The average molecular weight is 374 g/mol. The number of nitrogens with one attached hydrogen (secondary N) is 5. The van der Waals surface area contributed by atoms with Crippen LogP contribution in [0.15, 0.2) is 53.9 Å². The first-order valence-electron chi connectivity index (χ1n) is 8.51. The summed E-state index contributed by atoms with van der Waals surface area (Å²) >= 11 is 0. The Hall–Kier alpha value is -4.14. The third kappa shape index (κ3) is 3.40. The van der Waals surface area contributed by atoms with E-state index in [4.69, 9.17) is 11.1 Å². The van der Waals surface area contributed by atoms with Crippen molar-refractivity contribution in [2.45, 2.75) is 6.92 Å². The fraction of sp³-hybridized carbons (Fsp3) is 0.0526. The topological polar surface area (TPSA) is 148 Å². The lowest BCUT2D eigenvalue weighted by Gasteiger charge is -2.03. The van der Waals surface area contributed by atoms with Gasteiger partial charge in [0.1, 0.15) is 5.69 Å². The zero-order chi connectivity index (χ0) is 19.7. The molecule has 0 aliphatic heterocycles. The summed E-state index contributed by atoms with van der Waals surface area (Å²) in [6.45, 7) is 1.81. The van der Waals surface area contributed by atoms with Crippen LogP contribution in [-0.4, -0.2) is 32.5 Å². The van der Waals surface area contributed by atoms with Crippen LogP contribution in [0.2, 0.25) is 0 Å². The Balaban J connectivity index is 1.57. The van der Waals surface area contributed by atoms with Gasteiger partial charge in [0.2, 0.25) is 5.96 Å². The molecule has 4 aromatic rings. The van der Waals surface area contributed by atoms with Gasteiger partial charge in [-0.1, -0.05) is 6.07 Å². The zero-order valence-corrected chi connectivity index (χ0v) is 15.0. The summed E-state index contributed by atoms with van der Waals surface area (Å²) in [5.41, 5.74) is 12.9. The molecule has 4 rings (SSSR count). The quantitative estimate of drug-likeness (QED) is 0.185. The molecule has 0 spiro atoms. The molecule has 9 heteroatoms. The lowest BCUT2D eigenvalue weighted by molar-refractivity contribution is 0.102. The minimum atomic E-state index is -0.236. The van der Waals surface area contributed by atoms with Gasteiger partial charge in [0.25, 0.3) is 5.91 Å². The minimum Gasteiger partial charge on any atom is -0.369 e. The second kappa shape index (κ2) is 6.88. The monoisotopic (exact) mass is 374 g/mol. The number of fused-ring (bicyclic) bond motifs is 2. The van der Waals surface area contributed by atoms with E-state index < -0.39 is 0 Å². The van der Waals surface area contributed by atoms with E-state index in [-0.39, 0.29) is 11.9 Å². The van der Waals surface area contributed by atoms with Gasteiger partial charge in [0.05, 0.1) is 23.1 Å². The number of amides is 1. The van der Waals surface area contributed by atoms with E-state index in [1.165, 1.54) is 0 Å². The van der Waals surface area contributed by atoms with Gasteiger partial charge in [-0.15, -0.1) is 0 Å². The van der Waals surface area contributed by atoms with Crippen molar-refractivity contribution < 1.29 is 4.79 Å². The summed E-state index contributed by atoms with van der Waals surface area (Å²) < 4.78 is 0. The van der Waals surface area contributed by atoms with Crippen LogP contribution in [0.25, 0.3) is 21.9 Å². The third-order valence-corrected chi connectivity index (χ3v) is 4.31. The van der Waals surface area contributed by atoms with E-state index in [1.54, 1.807) is 12.4 Å². The number of imidazole rings is 1. The van der Waals surface area contributed by atoms with Crippen molar-refractivity contribution in [2.75, 3.05) is 5.32 Å². The van der Waals surface area contributed by atoms with Gasteiger partial charge in [0.15, 0.2) is 0 Å². The largest absolute Gasteiger partial charge is 0.369 e. The number of H-pyrrole nitrogens is 2. The predicted octanol–water partition coefficient (Wildman–Crippen LogP) is 2.50. The van der Waals surface area contributed by atoms with Crippen molar-refractivity contribution in [3.05, 3.63) is 60.0 Å². The van der Waals surface area contributed by atoms with Crippen LogP contribution >= 0.6 is 0 Å². The summed E-state index contributed by atoms with van der Waals surface area (Å²) in [5, 5.41) is 15.0. The number of aromatic amines is 2. The molecule has 0 bridgehead atoms. The molecule has 0 aliphatic rings. The molecule has 0 saturated heterocycles. The first-order chi connectivity index (χ1) is 13.5. The highest BCUT2D eigenvalue weighted by Crippen LogP contribution is 2.20. The molecule has 2 aromatic carbocycles. The number of hydrogen-bond acceptors (Lipinski definition) is 4. The Bertz CT molecular complexity index is 1230. The van der Waals surface area contributed by atoms with E-state index in [9.17, 15) is 4.79 Å². The Morgan fingerprint density at radius 3 is 2.86 bits per heavy atom. The number of rotatable bonds is 4. The van der Waals surface area contributed by atoms with Crippen LogP contribution in [0, 0.1) is 5.41 Å². The predicted molar refractivity (Wildman–Crippen MR) is 110 cm³/mol. The molecule has 7 N–H and O–H groups in total. The molecule has 1 amide bonds. The number of benzene rings is 2. The van der Waals surface area contributed by atoms with Gasteiger partial charge in [-0.2, -0.15) is 5.10 Å². The number of aromatic nitrogens is 3. The molecule has 28 heavy (non-hydrogen) atoms. The number of anilines is 1. The van der Waals surface area contributed by atoms with Crippen LogP contribution in [0.5, 0.6) is 0 Å². The standard InChI is InChI=1S/C19H18N8O/c1-10(26-27-19(20)21)11-2-4-14-12(6-11)7-17(25-14)18(28)24-13-3-5-15-16(8-13)23-9-22-15/h2-9,25H,1H3,(H,22,23)(H,24,28)(H4,20,21,27)/b26-10+. The molecule has 140 valence electrons. The van der Waals surface area contributed by atoms with E-state index in [0.717, 1.165) is 27.5 Å². The van der Waals surface area contributed by atoms with Crippen LogP contribution < -0.4 is 16.5 Å². The van der Waals surface area contributed by atoms with Crippen molar-refractivity contribution in [2.24, 2.45) is 10.8 Å². The Morgan fingerprint density at radius 2 is 2.04 bits per heavy atom. The van der Waals surface area contributed by atoms with E-state index in [2.05, 4.69) is 30.8 Å². The number of nitrogens with two attached hydrogens (primary N) is 1. The number of nitrogens with zero attached hydrogens (tertiary/aromatic N) is 2. The molecule has 0 radical (unpaired) electrons. The first-order valence-corrected chi connectivity index (χ1v) is 8.51. The average Bonchev–Trinajstić information content (AvgIpc) is 3.31. The molecule has 0 aliphatic carbocycles. The second-order valence-electron chi connectivity index (χ2n) is 6.30. The Morgan fingerprint density at radius 1 is 1.18 bits per heavy atom. The van der Waals surface area contributed by atoms with Crippen molar-refractivity contribution >= 4 is 45.2 Å².